The van der Waals surface area contributed by atoms with Gasteiger partial charge in [0.05, 0.1) is 13.2 Å². The van der Waals surface area contributed by atoms with Gasteiger partial charge in [-0.15, -0.1) is 0 Å². The summed E-state index contributed by atoms with van der Waals surface area (Å²) in [4.78, 5) is 0. The molecule has 5 heteroatoms. The van der Waals surface area contributed by atoms with Gasteiger partial charge in [0.2, 0.25) is 0 Å². The second-order valence-electron chi connectivity index (χ2n) is 2.56. The van der Waals surface area contributed by atoms with E-state index < -0.39 is 6.03 Å². The maximum atomic E-state index is 5.34. The van der Waals surface area contributed by atoms with Crippen molar-refractivity contribution in [1.29, 1.82) is 0 Å². The molecule has 2 rings (SSSR count). The molecule has 0 aromatic rings. The van der Waals surface area contributed by atoms with Gasteiger partial charge in [0.25, 0.3) is 6.03 Å². The van der Waals surface area contributed by atoms with E-state index in [1.807, 2.05) is 0 Å². The Hall–Kier alpha value is -0.200. The van der Waals surface area contributed by atoms with Gasteiger partial charge in [0, 0.05) is 0 Å². The number of epoxide rings is 1. The first-order chi connectivity index (χ1) is 4.67. The molecule has 58 valence electrons. The quantitative estimate of drug-likeness (QED) is 0.315. The Bertz CT molecular complexity index is 136. The molecule has 0 saturated carbocycles. The lowest BCUT2D eigenvalue weighted by atomic mass is 10.3. The first-order valence-electron chi connectivity index (χ1n) is 3.18. The van der Waals surface area contributed by atoms with Crippen LogP contribution in [0, 0.1) is 0 Å². The summed E-state index contributed by atoms with van der Waals surface area (Å²) >= 11 is 0. The van der Waals surface area contributed by atoms with Gasteiger partial charge >= 0.3 is 0 Å². The molecule has 2 atom stereocenters. The molecule has 0 radical (unpaired) electrons. The third-order valence-corrected chi connectivity index (χ3v) is 1.63. The largest absolute Gasteiger partial charge is 0.365 e. The van der Waals surface area contributed by atoms with Crippen molar-refractivity contribution in [3.8, 4) is 0 Å². The summed E-state index contributed by atoms with van der Waals surface area (Å²) in [5.41, 5.74) is 10.7. The summed E-state index contributed by atoms with van der Waals surface area (Å²) in [6, 6.07) is -1.41. The van der Waals surface area contributed by atoms with Gasteiger partial charge in [-0.25, -0.2) is 0 Å². The van der Waals surface area contributed by atoms with Crippen LogP contribution in [0.5, 0.6) is 0 Å². The predicted molar refractivity (Wildman–Crippen MR) is 31.7 cm³/mol. The van der Waals surface area contributed by atoms with Crippen molar-refractivity contribution < 1.29 is 14.2 Å². The van der Waals surface area contributed by atoms with E-state index in [0.717, 1.165) is 0 Å². The SMILES string of the molecule is NC1(N)OCC2OC2CO1. The molecule has 2 aliphatic heterocycles. The van der Waals surface area contributed by atoms with Gasteiger partial charge < -0.3 is 14.2 Å². The van der Waals surface area contributed by atoms with E-state index in [0.29, 0.717) is 13.2 Å². The van der Waals surface area contributed by atoms with E-state index in [1.54, 1.807) is 0 Å². The van der Waals surface area contributed by atoms with Crippen molar-refractivity contribution in [2.75, 3.05) is 13.2 Å². The predicted octanol–water partition coefficient (Wildman–Crippen LogP) is -1.67. The van der Waals surface area contributed by atoms with Crippen molar-refractivity contribution in [1.82, 2.24) is 0 Å². The zero-order chi connectivity index (χ0) is 7.19. The number of hydrogen-bond donors (Lipinski definition) is 2. The van der Waals surface area contributed by atoms with E-state index in [9.17, 15) is 0 Å². The molecule has 5 nitrogen and oxygen atoms in total. The number of ether oxygens (including phenoxy) is 3. The monoisotopic (exact) mass is 146 g/mol. The lowest BCUT2D eigenvalue weighted by molar-refractivity contribution is -0.229. The maximum Gasteiger partial charge on any atom is 0.286 e. The van der Waals surface area contributed by atoms with E-state index in [1.165, 1.54) is 0 Å². The molecule has 2 aliphatic rings. The topological polar surface area (TPSA) is 83.0 Å². The standard InChI is InChI=1S/C5H10N2O3/c6-5(7)8-1-3-4(10-3)2-9-5/h3-4H,1-2,6-7H2. The van der Waals surface area contributed by atoms with Crippen LogP contribution in [-0.2, 0) is 14.2 Å². The van der Waals surface area contributed by atoms with Crippen LogP contribution in [0.1, 0.15) is 0 Å². The minimum atomic E-state index is -1.41. The molecule has 0 bridgehead atoms. The Kier molecular flexibility index (Phi) is 1.23. The van der Waals surface area contributed by atoms with Crippen LogP contribution in [0.15, 0.2) is 0 Å². The Morgan fingerprint density at radius 2 is 1.60 bits per heavy atom. The summed E-state index contributed by atoms with van der Waals surface area (Å²) in [6.45, 7) is 0.856. The van der Waals surface area contributed by atoms with Crippen molar-refractivity contribution in [3.05, 3.63) is 0 Å². The van der Waals surface area contributed by atoms with Gasteiger partial charge in [-0.05, 0) is 0 Å². The average Bonchev–Trinajstić information content (AvgIpc) is 2.56. The Morgan fingerprint density at radius 3 is 2.10 bits per heavy atom. The minimum absolute atomic E-state index is 0.147. The lowest BCUT2D eigenvalue weighted by Gasteiger charge is -2.21. The van der Waals surface area contributed by atoms with Crippen LogP contribution >= 0.6 is 0 Å². The van der Waals surface area contributed by atoms with Crippen molar-refractivity contribution in [2.45, 2.75) is 18.2 Å². The molecule has 0 aromatic heterocycles. The molecule has 2 unspecified atom stereocenters. The number of rotatable bonds is 0. The Morgan fingerprint density at radius 1 is 1.10 bits per heavy atom. The molecular formula is C5H10N2O3. The molecule has 4 N–H and O–H groups in total. The van der Waals surface area contributed by atoms with Crippen molar-refractivity contribution in [3.63, 3.8) is 0 Å². The number of fused-ring (bicyclic) bond motifs is 1. The van der Waals surface area contributed by atoms with Crippen LogP contribution in [0.2, 0.25) is 0 Å². The van der Waals surface area contributed by atoms with Crippen molar-refractivity contribution in [2.24, 2.45) is 11.5 Å². The molecule has 2 heterocycles. The minimum Gasteiger partial charge on any atom is -0.365 e. The zero-order valence-electron chi connectivity index (χ0n) is 5.45. The highest BCUT2D eigenvalue weighted by Crippen LogP contribution is 2.26. The fraction of sp³-hybridized carbons (Fsp3) is 1.00. The Balaban J connectivity index is 1.96. The van der Waals surface area contributed by atoms with Gasteiger partial charge in [-0.1, -0.05) is 0 Å². The first kappa shape index (κ1) is 6.51. The number of hydrogen-bond acceptors (Lipinski definition) is 5. The second kappa shape index (κ2) is 1.90. The molecule has 2 saturated heterocycles. The molecular weight excluding hydrogens is 136 g/mol. The van der Waals surface area contributed by atoms with Crippen molar-refractivity contribution >= 4 is 0 Å². The van der Waals surface area contributed by atoms with E-state index in [-0.39, 0.29) is 12.2 Å². The van der Waals surface area contributed by atoms with E-state index in [4.69, 9.17) is 25.7 Å². The fourth-order valence-electron chi connectivity index (χ4n) is 0.939. The van der Waals surface area contributed by atoms with Gasteiger partial charge in [0.15, 0.2) is 0 Å². The third kappa shape index (κ3) is 1.14. The van der Waals surface area contributed by atoms with Crippen LogP contribution < -0.4 is 11.5 Å². The summed E-state index contributed by atoms with van der Waals surface area (Å²) < 4.78 is 15.0. The Labute approximate surface area is 58.2 Å². The van der Waals surface area contributed by atoms with Crippen LogP contribution in [0.3, 0.4) is 0 Å². The second-order valence-corrected chi connectivity index (χ2v) is 2.56. The van der Waals surface area contributed by atoms with E-state index >= 15 is 0 Å². The number of nitrogens with two attached hydrogens (primary N) is 2. The highest BCUT2D eigenvalue weighted by Gasteiger charge is 2.45. The summed E-state index contributed by atoms with van der Waals surface area (Å²) in [5.74, 6) is 0. The highest BCUT2D eigenvalue weighted by atomic mass is 16.8. The van der Waals surface area contributed by atoms with Gasteiger partial charge in [-0.3, -0.25) is 11.5 Å². The van der Waals surface area contributed by atoms with Crippen LogP contribution in [-0.4, -0.2) is 31.5 Å². The van der Waals surface area contributed by atoms with Gasteiger partial charge in [0.1, 0.15) is 12.2 Å². The summed E-state index contributed by atoms with van der Waals surface area (Å²) in [7, 11) is 0. The van der Waals surface area contributed by atoms with Gasteiger partial charge in [-0.2, -0.15) is 0 Å². The lowest BCUT2D eigenvalue weighted by Crippen LogP contribution is -2.54. The highest BCUT2D eigenvalue weighted by molar-refractivity contribution is 4.86. The zero-order valence-corrected chi connectivity index (χ0v) is 5.45. The summed E-state index contributed by atoms with van der Waals surface area (Å²) in [6.07, 6.45) is 0.294. The smallest absolute Gasteiger partial charge is 0.286 e. The van der Waals surface area contributed by atoms with Crippen LogP contribution in [0.25, 0.3) is 0 Å². The third-order valence-electron chi connectivity index (χ3n) is 1.63. The molecule has 0 aromatic carbocycles. The maximum absolute atomic E-state index is 5.34. The fourth-order valence-corrected chi connectivity index (χ4v) is 0.939. The van der Waals surface area contributed by atoms with Crippen LogP contribution in [0.4, 0.5) is 0 Å². The first-order valence-corrected chi connectivity index (χ1v) is 3.18. The molecule has 2 fully saturated rings. The molecule has 0 spiro atoms. The normalized spacial score (nSPS) is 43.8. The van der Waals surface area contributed by atoms with E-state index in [2.05, 4.69) is 0 Å². The molecule has 0 aliphatic carbocycles. The molecule has 0 amide bonds. The average molecular weight is 146 g/mol. The molecule has 10 heavy (non-hydrogen) atoms. The summed E-state index contributed by atoms with van der Waals surface area (Å²) in [5, 5.41) is 0.